The second kappa shape index (κ2) is 6.39. The Morgan fingerprint density at radius 1 is 1.35 bits per heavy atom. The Hall–Kier alpha value is -0.570. The minimum atomic E-state index is 0.190. The molecule has 2 N–H and O–H groups in total. The molecule has 0 spiro atoms. The minimum Gasteiger partial charge on any atom is -0.330 e. The van der Waals surface area contributed by atoms with E-state index in [1.807, 2.05) is 18.2 Å². The highest BCUT2D eigenvalue weighted by molar-refractivity contribution is 6.31. The average Bonchev–Trinajstić information content (AvgIpc) is 2.32. The molecule has 0 bridgehead atoms. The Bertz CT molecular complexity index is 348. The first-order valence-electron chi connectivity index (χ1n) is 6.13. The molecule has 2 nitrogen and oxygen atoms in total. The van der Waals surface area contributed by atoms with Crippen molar-refractivity contribution in [2.75, 3.05) is 20.1 Å². The van der Waals surface area contributed by atoms with Crippen LogP contribution in [-0.2, 0) is 6.54 Å². The summed E-state index contributed by atoms with van der Waals surface area (Å²) in [6, 6.07) is 8.00. The Labute approximate surface area is 110 Å². The maximum absolute atomic E-state index is 6.16. The number of benzene rings is 1. The third kappa shape index (κ3) is 4.30. The third-order valence-electron chi connectivity index (χ3n) is 3.40. The first-order valence-corrected chi connectivity index (χ1v) is 6.50. The van der Waals surface area contributed by atoms with E-state index >= 15 is 0 Å². The van der Waals surface area contributed by atoms with Crippen LogP contribution in [0.5, 0.6) is 0 Å². The van der Waals surface area contributed by atoms with Crippen molar-refractivity contribution in [3.63, 3.8) is 0 Å². The predicted octanol–water partition coefficient (Wildman–Crippen LogP) is 3.15. The lowest BCUT2D eigenvalue weighted by Crippen LogP contribution is -2.38. The van der Waals surface area contributed by atoms with Crippen LogP contribution in [0.4, 0.5) is 0 Å². The molecule has 0 saturated carbocycles. The van der Waals surface area contributed by atoms with Crippen molar-refractivity contribution in [2.45, 2.75) is 26.8 Å². The van der Waals surface area contributed by atoms with Crippen molar-refractivity contribution in [1.82, 2.24) is 4.90 Å². The van der Waals surface area contributed by atoms with Crippen LogP contribution < -0.4 is 5.73 Å². The molecule has 1 aromatic rings. The fraction of sp³-hybridized carbons (Fsp3) is 0.571. The molecule has 1 rings (SSSR count). The van der Waals surface area contributed by atoms with Gasteiger partial charge in [-0.3, -0.25) is 0 Å². The summed E-state index contributed by atoms with van der Waals surface area (Å²) in [6.07, 6.45) is 1.09. The highest BCUT2D eigenvalue weighted by Gasteiger charge is 2.22. The van der Waals surface area contributed by atoms with E-state index in [0.717, 1.165) is 31.1 Å². The van der Waals surface area contributed by atoms with Crippen LogP contribution in [-0.4, -0.2) is 25.0 Å². The number of nitrogens with two attached hydrogens (primary N) is 1. The van der Waals surface area contributed by atoms with Gasteiger partial charge in [0.05, 0.1) is 0 Å². The minimum absolute atomic E-state index is 0.190. The predicted molar refractivity (Wildman–Crippen MR) is 75.2 cm³/mol. The zero-order chi connectivity index (χ0) is 12.9. The van der Waals surface area contributed by atoms with Crippen molar-refractivity contribution in [3.05, 3.63) is 34.9 Å². The Morgan fingerprint density at radius 3 is 2.53 bits per heavy atom. The molecule has 0 heterocycles. The second-order valence-electron chi connectivity index (χ2n) is 5.13. The largest absolute Gasteiger partial charge is 0.330 e. The highest BCUT2D eigenvalue weighted by Crippen LogP contribution is 2.22. The van der Waals surface area contributed by atoms with Gasteiger partial charge in [-0.05, 0) is 37.1 Å². The summed E-state index contributed by atoms with van der Waals surface area (Å²) in [5.41, 5.74) is 7.20. The van der Waals surface area contributed by atoms with E-state index in [9.17, 15) is 0 Å². The standard InChI is InChI=1S/C14H23ClN2/c1-4-14(2,10-16)11-17(3)9-12-7-5-6-8-13(12)15/h5-8H,4,9-11,16H2,1-3H3. The summed E-state index contributed by atoms with van der Waals surface area (Å²) in [7, 11) is 2.12. The van der Waals surface area contributed by atoms with Crippen LogP contribution in [0, 0.1) is 5.41 Å². The van der Waals surface area contributed by atoms with Crippen LogP contribution in [0.2, 0.25) is 5.02 Å². The molecule has 0 amide bonds. The van der Waals surface area contributed by atoms with Crippen LogP contribution in [0.1, 0.15) is 25.8 Å². The molecule has 0 radical (unpaired) electrons. The topological polar surface area (TPSA) is 29.3 Å². The normalized spacial score (nSPS) is 14.9. The third-order valence-corrected chi connectivity index (χ3v) is 3.76. The van der Waals surface area contributed by atoms with Crippen molar-refractivity contribution >= 4 is 11.6 Å². The van der Waals surface area contributed by atoms with Gasteiger partial charge in [0.15, 0.2) is 0 Å². The summed E-state index contributed by atoms with van der Waals surface area (Å²) in [4.78, 5) is 2.29. The van der Waals surface area contributed by atoms with Gasteiger partial charge in [-0.2, -0.15) is 0 Å². The lowest BCUT2D eigenvalue weighted by atomic mass is 9.87. The van der Waals surface area contributed by atoms with Gasteiger partial charge in [0.25, 0.3) is 0 Å². The number of halogens is 1. The van der Waals surface area contributed by atoms with E-state index in [-0.39, 0.29) is 5.41 Å². The maximum atomic E-state index is 6.16. The number of hydrogen-bond acceptors (Lipinski definition) is 2. The molecule has 1 atom stereocenters. The van der Waals surface area contributed by atoms with Crippen LogP contribution in [0.25, 0.3) is 0 Å². The first-order chi connectivity index (χ1) is 8.00. The number of hydrogen-bond donors (Lipinski definition) is 1. The van der Waals surface area contributed by atoms with Crippen molar-refractivity contribution < 1.29 is 0 Å². The van der Waals surface area contributed by atoms with Gasteiger partial charge in [0.2, 0.25) is 0 Å². The SMILES string of the molecule is CCC(C)(CN)CN(C)Cc1ccccc1Cl. The molecule has 3 heteroatoms. The Morgan fingerprint density at radius 2 is 2.00 bits per heavy atom. The summed E-state index contributed by atoms with van der Waals surface area (Å²) < 4.78 is 0. The van der Waals surface area contributed by atoms with Crippen molar-refractivity contribution in [1.29, 1.82) is 0 Å². The van der Waals surface area contributed by atoms with Crippen LogP contribution in [0.15, 0.2) is 24.3 Å². The van der Waals surface area contributed by atoms with Crippen LogP contribution in [0.3, 0.4) is 0 Å². The van der Waals surface area contributed by atoms with E-state index < -0.39 is 0 Å². The molecule has 1 unspecified atom stereocenters. The smallest absolute Gasteiger partial charge is 0.0451 e. The maximum Gasteiger partial charge on any atom is 0.0451 e. The fourth-order valence-corrected chi connectivity index (χ4v) is 2.14. The van der Waals surface area contributed by atoms with Gasteiger partial charge < -0.3 is 10.6 Å². The Balaban J connectivity index is 2.61. The number of nitrogens with zero attached hydrogens (tertiary/aromatic N) is 1. The molecular formula is C14H23ClN2. The molecule has 0 aliphatic heterocycles. The summed E-state index contributed by atoms with van der Waals surface area (Å²) >= 11 is 6.16. The molecule has 17 heavy (non-hydrogen) atoms. The second-order valence-corrected chi connectivity index (χ2v) is 5.54. The zero-order valence-corrected chi connectivity index (χ0v) is 11.8. The van der Waals surface area contributed by atoms with Crippen molar-refractivity contribution in [3.8, 4) is 0 Å². The monoisotopic (exact) mass is 254 g/mol. The lowest BCUT2D eigenvalue weighted by molar-refractivity contribution is 0.186. The quantitative estimate of drug-likeness (QED) is 0.845. The molecule has 1 aromatic carbocycles. The Kier molecular flexibility index (Phi) is 5.44. The molecule has 0 aliphatic carbocycles. The molecule has 96 valence electrons. The molecule has 0 aromatic heterocycles. The summed E-state index contributed by atoms with van der Waals surface area (Å²) in [6.45, 7) is 7.00. The molecule has 0 aliphatic rings. The average molecular weight is 255 g/mol. The van der Waals surface area contributed by atoms with E-state index in [1.165, 1.54) is 5.56 Å². The lowest BCUT2D eigenvalue weighted by Gasteiger charge is -2.32. The van der Waals surface area contributed by atoms with Crippen molar-refractivity contribution in [2.24, 2.45) is 11.1 Å². The van der Waals surface area contributed by atoms with Gasteiger partial charge in [0, 0.05) is 18.1 Å². The van der Waals surface area contributed by atoms with Gasteiger partial charge >= 0.3 is 0 Å². The summed E-state index contributed by atoms with van der Waals surface area (Å²) in [5, 5.41) is 0.838. The fourth-order valence-electron chi connectivity index (χ4n) is 1.95. The molecule has 0 saturated heterocycles. The molecule has 0 fully saturated rings. The summed E-state index contributed by atoms with van der Waals surface area (Å²) in [5.74, 6) is 0. The van der Waals surface area contributed by atoms with Gasteiger partial charge in [-0.25, -0.2) is 0 Å². The molecular weight excluding hydrogens is 232 g/mol. The van der Waals surface area contributed by atoms with E-state index in [0.29, 0.717) is 0 Å². The number of rotatable bonds is 6. The first kappa shape index (κ1) is 14.5. The highest BCUT2D eigenvalue weighted by atomic mass is 35.5. The van der Waals surface area contributed by atoms with Gasteiger partial charge in [-0.1, -0.05) is 43.6 Å². The zero-order valence-electron chi connectivity index (χ0n) is 11.0. The van der Waals surface area contributed by atoms with E-state index in [4.69, 9.17) is 17.3 Å². The van der Waals surface area contributed by atoms with Crippen LogP contribution >= 0.6 is 11.6 Å². The van der Waals surface area contributed by atoms with Gasteiger partial charge in [-0.15, -0.1) is 0 Å². The van der Waals surface area contributed by atoms with E-state index in [2.05, 4.69) is 31.9 Å². The van der Waals surface area contributed by atoms with Gasteiger partial charge in [0.1, 0.15) is 0 Å². The van der Waals surface area contributed by atoms with E-state index in [1.54, 1.807) is 0 Å².